The molecule has 0 fully saturated rings. The zero-order chi connectivity index (χ0) is 31.5. The Morgan fingerprint density at radius 3 is 1.82 bits per heavy atom. The van der Waals surface area contributed by atoms with E-state index in [-0.39, 0.29) is 11.5 Å². The van der Waals surface area contributed by atoms with Gasteiger partial charge in [0.05, 0.1) is 23.2 Å². The summed E-state index contributed by atoms with van der Waals surface area (Å²) in [6, 6.07) is 39.3. The maximum Gasteiger partial charge on any atom is 0.335 e. The lowest BCUT2D eigenvalue weighted by Crippen LogP contribution is -2.17. The van der Waals surface area contributed by atoms with Crippen LogP contribution in [-0.4, -0.2) is 32.3 Å². The van der Waals surface area contributed by atoms with E-state index in [1.165, 1.54) is 0 Å². The molecule has 7 heteroatoms. The molecule has 0 radical (unpaired) electrons. The number of carbonyl (C=O) groups is 2. The molecular weight excluding hydrogens is 560 g/mol. The summed E-state index contributed by atoms with van der Waals surface area (Å²) in [5.74, 6) is -1.27. The second-order valence-corrected chi connectivity index (χ2v) is 10.9. The highest BCUT2D eigenvalue weighted by atomic mass is 16.4. The monoisotopic (exact) mass is 592 g/mol. The van der Waals surface area contributed by atoms with Gasteiger partial charge in [-0.2, -0.15) is 5.10 Å². The van der Waals surface area contributed by atoms with Crippen LogP contribution >= 0.6 is 0 Å². The molecule has 45 heavy (non-hydrogen) atoms. The van der Waals surface area contributed by atoms with E-state index in [9.17, 15) is 14.7 Å². The van der Waals surface area contributed by atoms with Crippen LogP contribution < -0.4 is 5.43 Å². The van der Waals surface area contributed by atoms with Gasteiger partial charge in [-0.3, -0.25) is 4.79 Å². The molecule has 0 spiro atoms. The van der Waals surface area contributed by atoms with E-state index in [1.807, 2.05) is 81.4 Å². The summed E-state index contributed by atoms with van der Waals surface area (Å²) in [7, 11) is 0. The molecule has 222 valence electrons. The molecule has 6 rings (SSSR count). The highest BCUT2D eigenvalue weighted by Gasteiger charge is 2.16. The van der Waals surface area contributed by atoms with E-state index in [1.54, 1.807) is 30.5 Å². The summed E-state index contributed by atoms with van der Waals surface area (Å²) < 4.78 is 4.26. The molecule has 0 saturated carbocycles. The molecule has 2 N–H and O–H groups in total. The quantitative estimate of drug-likeness (QED) is 0.139. The Morgan fingerprint density at radius 1 is 0.689 bits per heavy atom. The number of amides is 1. The fourth-order valence-electron chi connectivity index (χ4n) is 5.70. The number of carboxylic acid groups (broad SMARTS) is 1. The zero-order valence-electron chi connectivity index (χ0n) is 25.2. The van der Waals surface area contributed by atoms with Crippen molar-refractivity contribution in [2.75, 3.05) is 0 Å². The van der Waals surface area contributed by atoms with E-state index >= 15 is 0 Å². The fraction of sp³-hybridized carbons (Fsp3) is 0.0789. The number of aryl methyl sites for hydroxylation is 2. The van der Waals surface area contributed by atoms with E-state index in [4.69, 9.17) is 0 Å². The van der Waals surface area contributed by atoms with E-state index < -0.39 is 5.97 Å². The minimum Gasteiger partial charge on any atom is -0.478 e. The predicted molar refractivity (Wildman–Crippen MR) is 179 cm³/mol. The van der Waals surface area contributed by atoms with Crippen molar-refractivity contribution in [2.45, 2.75) is 20.8 Å². The van der Waals surface area contributed by atoms with Gasteiger partial charge in [-0.05, 0) is 98.1 Å². The predicted octanol–water partition coefficient (Wildman–Crippen LogP) is 7.99. The average Bonchev–Trinajstić information content (AvgIpc) is 3.62. The van der Waals surface area contributed by atoms with Gasteiger partial charge >= 0.3 is 5.97 Å². The van der Waals surface area contributed by atoms with Crippen molar-refractivity contribution in [3.63, 3.8) is 0 Å². The third-order valence-corrected chi connectivity index (χ3v) is 7.93. The van der Waals surface area contributed by atoms with Crippen LogP contribution in [0, 0.1) is 20.8 Å². The number of benzene rings is 4. The summed E-state index contributed by atoms with van der Waals surface area (Å²) in [5.41, 5.74) is 13.1. The van der Waals surface area contributed by atoms with Crippen LogP contribution in [0.15, 0.2) is 126 Å². The van der Waals surface area contributed by atoms with E-state index in [0.717, 1.165) is 56.4 Å². The van der Waals surface area contributed by atoms with Gasteiger partial charge in [-0.15, -0.1) is 0 Å². The van der Waals surface area contributed by atoms with Gasteiger partial charge in [-0.25, -0.2) is 10.2 Å². The standard InChI is InChI=1S/C38H32N4O3/c1-25-22-31(38(44)45)16-19-34(25)41-26(2)23-32(27(41)3)24-39-40-37(43)30-14-17-33(18-15-30)42-35(28-10-6-4-7-11-28)20-21-36(42)29-12-8-5-9-13-29/h4-24H,1-3H3,(H,40,43)(H,44,45)/b39-24-. The number of hydrazone groups is 1. The molecule has 2 heterocycles. The molecule has 0 aliphatic carbocycles. The average molecular weight is 593 g/mol. The van der Waals surface area contributed by atoms with Crippen LogP contribution in [0.25, 0.3) is 33.9 Å². The summed E-state index contributed by atoms with van der Waals surface area (Å²) in [6.45, 7) is 5.83. The molecule has 0 bridgehead atoms. The lowest BCUT2D eigenvalue weighted by atomic mass is 10.1. The van der Waals surface area contributed by atoms with Crippen LogP contribution in [0.3, 0.4) is 0 Å². The first-order valence-electron chi connectivity index (χ1n) is 14.6. The number of rotatable bonds is 8. The van der Waals surface area contributed by atoms with Crippen LogP contribution in [0.2, 0.25) is 0 Å². The molecule has 7 nitrogen and oxygen atoms in total. The smallest absolute Gasteiger partial charge is 0.335 e. The number of hydrogen-bond donors (Lipinski definition) is 2. The fourth-order valence-corrected chi connectivity index (χ4v) is 5.70. The summed E-state index contributed by atoms with van der Waals surface area (Å²) in [4.78, 5) is 24.4. The van der Waals surface area contributed by atoms with Crippen LogP contribution in [0.1, 0.15) is 43.2 Å². The normalized spacial score (nSPS) is 11.2. The molecule has 0 saturated heterocycles. The Balaban J connectivity index is 1.22. The number of hydrogen-bond acceptors (Lipinski definition) is 3. The van der Waals surface area contributed by atoms with Crippen LogP contribution in [0.5, 0.6) is 0 Å². The summed E-state index contributed by atoms with van der Waals surface area (Å²) in [5, 5.41) is 13.6. The van der Waals surface area contributed by atoms with Crippen molar-refractivity contribution in [3.05, 3.63) is 155 Å². The van der Waals surface area contributed by atoms with E-state index in [0.29, 0.717) is 5.56 Å². The lowest BCUT2D eigenvalue weighted by molar-refractivity contribution is 0.0696. The molecule has 0 aliphatic rings. The third-order valence-electron chi connectivity index (χ3n) is 7.93. The Bertz CT molecular complexity index is 1980. The first-order chi connectivity index (χ1) is 21.8. The molecule has 0 atom stereocenters. The Kier molecular flexibility index (Phi) is 7.99. The number of carboxylic acids is 1. The van der Waals surface area contributed by atoms with Gasteiger partial charge in [-0.1, -0.05) is 60.7 Å². The van der Waals surface area contributed by atoms with Crippen molar-refractivity contribution in [1.29, 1.82) is 0 Å². The van der Waals surface area contributed by atoms with Gasteiger partial charge in [0.25, 0.3) is 5.91 Å². The number of nitrogens with one attached hydrogen (secondary N) is 1. The summed E-state index contributed by atoms with van der Waals surface area (Å²) in [6.07, 6.45) is 1.63. The van der Waals surface area contributed by atoms with Crippen molar-refractivity contribution in [3.8, 4) is 33.9 Å². The van der Waals surface area contributed by atoms with Gasteiger partial charge in [0, 0.05) is 33.9 Å². The van der Waals surface area contributed by atoms with Crippen molar-refractivity contribution < 1.29 is 14.7 Å². The highest BCUT2D eigenvalue weighted by Crippen LogP contribution is 2.32. The van der Waals surface area contributed by atoms with Crippen LogP contribution in [-0.2, 0) is 0 Å². The first kappa shape index (κ1) is 29.1. The number of nitrogens with zero attached hydrogens (tertiary/aromatic N) is 3. The largest absolute Gasteiger partial charge is 0.478 e. The first-order valence-corrected chi connectivity index (χ1v) is 14.6. The Labute approximate surface area is 261 Å². The number of aromatic carboxylic acids is 1. The lowest BCUT2D eigenvalue weighted by Gasteiger charge is -2.15. The topological polar surface area (TPSA) is 88.6 Å². The molecule has 0 aliphatic heterocycles. The van der Waals surface area contributed by atoms with Crippen molar-refractivity contribution >= 4 is 18.1 Å². The third kappa shape index (κ3) is 5.84. The Morgan fingerprint density at radius 2 is 1.27 bits per heavy atom. The minimum absolute atomic E-state index is 0.248. The zero-order valence-corrected chi connectivity index (χ0v) is 25.2. The molecule has 2 aromatic heterocycles. The van der Waals surface area contributed by atoms with Gasteiger partial charge in [0.2, 0.25) is 0 Å². The number of carbonyl (C=O) groups excluding carboxylic acids is 1. The highest BCUT2D eigenvalue weighted by molar-refractivity contribution is 5.95. The molecular formula is C38H32N4O3. The van der Waals surface area contributed by atoms with Crippen molar-refractivity contribution in [2.24, 2.45) is 5.10 Å². The SMILES string of the molecule is Cc1cc(C(=O)O)ccc1-n1c(C)cc(/C=N\NC(=O)c2ccc(-n3c(-c4ccccc4)ccc3-c3ccccc3)cc2)c1C. The summed E-state index contributed by atoms with van der Waals surface area (Å²) >= 11 is 0. The minimum atomic E-state index is -0.956. The Hall–Kier alpha value is -5.95. The van der Waals surface area contributed by atoms with Gasteiger partial charge < -0.3 is 14.2 Å². The molecule has 6 aromatic rings. The van der Waals surface area contributed by atoms with Gasteiger partial charge in [0.1, 0.15) is 0 Å². The van der Waals surface area contributed by atoms with Crippen LogP contribution in [0.4, 0.5) is 0 Å². The maximum atomic E-state index is 13.0. The van der Waals surface area contributed by atoms with Gasteiger partial charge in [0.15, 0.2) is 0 Å². The molecule has 0 unspecified atom stereocenters. The second-order valence-electron chi connectivity index (χ2n) is 10.9. The molecule has 4 aromatic carbocycles. The van der Waals surface area contributed by atoms with E-state index in [2.05, 4.69) is 56.1 Å². The molecule has 1 amide bonds. The van der Waals surface area contributed by atoms with Crippen molar-refractivity contribution in [1.82, 2.24) is 14.6 Å². The second kappa shape index (κ2) is 12.3. The number of aromatic nitrogens is 2. The maximum absolute atomic E-state index is 13.0.